The highest BCUT2D eigenvalue weighted by atomic mass is 79.9. The zero-order chi connectivity index (χ0) is 13.9. The Bertz CT molecular complexity index is 570. The van der Waals surface area contributed by atoms with E-state index in [1.807, 2.05) is 6.07 Å². The Morgan fingerprint density at radius 3 is 2.85 bits per heavy atom. The van der Waals surface area contributed by atoms with Crippen LogP contribution in [0, 0.1) is 5.95 Å². The Hall–Kier alpha value is -1.20. The molecule has 0 aliphatic carbocycles. The molecule has 0 radical (unpaired) electrons. The summed E-state index contributed by atoms with van der Waals surface area (Å²) in [5.41, 5.74) is 1.31. The molecule has 0 bridgehead atoms. The minimum atomic E-state index is -0.268. The lowest BCUT2D eigenvalue weighted by atomic mass is 9.94. The van der Waals surface area contributed by atoms with E-state index in [2.05, 4.69) is 50.6 Å². The van der Waals surface area contributed by atoms with Crippen LogP contribution in [0.2, 0.25) is 0 Å². The summed E-state index contributed by atoms with van der Waals surface area (Å²) in [7, 11) is 0. The van der Waals surface area contributed by atoms with E-state index in [1.165, 1.54) is 16.4 Å². The molecule has 2 unspecified atom stereocenters. The average molecular weight is 338 g/mol. The Morgan fingerprint density at radius 2 is 2.15 bits per heavy atom. The molecule has 0 saturated carbocycles. The van der Waals surface area contributed by atoms with Gasteiger partial charge in [0.25, 0.3) is 0 Å². The maximum atomic E-state index is 13.9. The van der Waals surface area contributed by atoms with E-state index < -0.39 is 0 Å². The van der Waals surface area contributed by atoms with Crippen molar-refractivity contribution in [3.05, 3.63) is 52.5 Å². The molecular formula is C15H17BrFN3. The predicted molar refractivity (Wildman–Crippen MR) is 80.1 cm³/mol. The molecule has 1 saturated heterocycles. The van der Waals surface area contributed by atoms with Crippen LogP contribution < -0.4 is 5.32 Å². The van der Waals surface area contributed by atoms with Gasteiger partial charge in [0.15, 0.2) is 0 Å². The molecule has 3 nitrogen and oxygen atoms in total. The van der Waals surface area contributed by atoms with Crippen LogP contribution in [-0.4, -0.2) is 22.4 Å². The summed E-state index contributed by atoms with van der Waals surface area (Å²) in [6, 6.07) is 10.9. The maximum Gasteiger partial charge on any atom is 0.226 e. The van der Waals surface area contributed by atoms with Gasteiger partial charge in [0.2, 0.25) is 5.95 Å². The normalized spacial score (nSPS) is 22.9. The number of hydrogen-bond acceptors (Lipinski definition) is 2. The van der Waals surface area contributed by atoms with Gasteiger partial charge in [-0.1, -0.05) is 30.3 Å². The standard InChI is InChI=1S/C15H17BrFN3/c16-14-10-19-20(15(14)17)13-6-7-18-12(9-13)8-11-4-2-1-3-5-11/h1-5,10,12-13,18H,6-9H2. The van der Waals surface area contributed by atoms with E-state index in [-0.39, 0.29) is 12.0 Å². The van der Waals surface area contributed by atoms with Crippen LogP contribution in [0.3, 0.4) is 0 Å². The summed E-state index contributed by atoms with van der Waals surface area (Å²) in [6.45, 7) is 0.902. The number of piperidine rings is 1. The molecule has 1 N–H and O–H groups in total. The molecule has 5 heteroatoms. The number of hydrogen-bond donors (Lipinski definition) is 1. The quantitative estimate of drug-likeness (QED) is 0.931. The van der Waals surface area contributed by atoms with E-state index in [0.717, 1.165) is 25.8 Å². The molecule has 106 valence electrons. The number of rotatable bonds is 3. The van der Waals surface area contributed by atoms with Gasteiger partial charge in [0, 0.05) is 6.04 Å². The topological polar surface area (TPSA) is 29.9 Å². The van der Waals surface area contributed by atoms with E-state index >= 15 is 0 Å². The van der Waals surface area contributed by atoms with Crippen LogP contribution in [0.25, 0.3) is 0 Å². The van der Waals surface area contributed by atoms with Gasteiger partial charge in [-0.15, -0.1) is 0 Å². The van der Waals surface area contributed by atoms with Crippen LogP contribution in [-0.2, 0) is 6.42 Å². The number of aromatic nitrogens is 2. The highest BCUT2D eigenvalue weighted by Gasteiger charge is 2.25. The average Bonchev–Trinajstić information content (AvgIpc) is 2.80. The van der Waals surface area contributed by atoms with E-state index in [1.54, 1.807) is 0 Å². The number of nitrogens with one attached hydrogen (secondary N) is 1. The first-order valence-electron chi connectivity index (χ1n) is 6.90. The SMILES string of the molecule is Fc1c(Br)cnn1C1CCNC(Cc2ccccc2)C1. The van der Waals surface area contributed by atoms with Crippen molar-refractivity contribution in [1.82, 2.24) is 15.1 Å². The summed E-state index contributed by atoms with van der Waals surface area (Å²) >= 11 is 3.18. The largest absolute Gasteiger partial charge is 0.313 e. The lowest BCUT2D eigenvalue weighted by molar-refractivity contribution is 0.258. The first kappa shape index (κ1) is 13.8. The molecule has 1 aliphatic heterocycles. The molecule has 1 aliphatic rings. The van der Waals surface area contributed by atoms with Gasteiger partial charge in [-0.25, -0.2) is 4.68 Å². The highest BCUT2D eigenvalue weighted by molar-refractivity contribution is 9.10. The molecule has 1 fully saturated rings. The van der Waals surface area contributed by atoms with Crippen molar-refractivity contribution < 1.29 is 4.39 Å². The van der Waals surface area contributed by atoms with E-state index in [4.69, 9.17) is 0 Å². The van der Waals surface area contributed by atoms with Crippen LogP contribution in [0.15, 0.2) is 41.0 Å². The minimum Gasteiger partial charge on any atom is -0.313 e. The third-order valence-corrected chi connectivity index (χ3v) is 4.36. The van der Waals surface area contributed by atoms with Crippen molar-refractivity contribution >= 4 is 15.9 Å². The summed E-state index contributed by atoms with van der Waals surface area (Å²) in [5, 5.41) is 7.67. The third kappa shape index (κ3) is 2.94. The van der Waals surface area contributed by atoms with Gasteiger partial charge in [-0.05, 0) is 47.3 Å². The van der Waals surface area contributed by atoms with Crippen LogP contribution in [0.5, 0.6) is 0 Å². The van der Waals surface area contributed by atoms with Gasteiger partial charge >= 0.3 is 0 Å². The maximum absolute atomic E-state index is 13.9. The smallest absolute Gasteiger partial charge is 0.226 e. The van der Waals surface area contributed by atoms with Crippen molar-refractivity contribution in [2.75, 3.05) is 6.54 Å². The van der Waals surface area contributed by atoms with E-state index in [9.17, 15) is 4.39 Å². The van der Waals surface area contributed by atoms with Crippen LogP contribution >= 0.6 is 15.9 Å². The Morgan fingerprint density at radius 1 is 1.35 bits per heavy atom. The number of benzene rings is 1. The minimum absolute atomic E-state index is 0.135. The Balaban J connectivity index is 1.69. The summed E-state index contributed by atoms with van der Waals surface area (Å²) in [5.74, 6) is -0.268. The molecule has 3 rings (SSSR count). The van der Waals surface area contributed by atoms with Gasteiger partial charge in [0.05, 0.1) is 16.7 Å². The third-order valence-electron chi connectivity index (χ3n) is 3.83. The van der Waals surface area contributed by atoms with Gasteiger partial charge in [-0.2, -0.15) is 9.49 Å². The molecule has 2 aromatic rings. The second kappa shape index (κ2) is 6.06. The predicted octanol–water partition coefficient (Wildman–Crippen LogP) is 3.32. The second-order valence-corrected chi connectivity index (χ2v) is 6.10. The van der Waals surface area contributed by atoms with E-state index in [0.29, 0.717) is 10.5 Å². The van der Waals surface area contributed by atoms with Crippen molar-refractivity contribution in [2.24, 2.45) is 0 Å². The van der Waals surface area contributed by atoms with Crippen LogP contribution in [0.1, 0.15) is 24.4 Å². The van der Waals surface area contributed by atoms with Gasteiger partial charge in [0.1, 0.15) is 0 Å². The number of nitrogens with zero attached hydrogens (tertiary/aromatic N) is 2. The summed E-state index contributed by atoms with van der Waals surface area (Å²) in [6.07, 6.45) is 4.32. The van der Waals surface area contributed by atoms with Crippen molar-refractivity contribution in [3.63, 3.8) is 0 Å². The molecule has 0 amide bonds. The Kier molecular flexibility index (Phi) is 4.17. The zero-order valence-electron chi connectivity index (χ0n) is 11.1. The molecule has 2 atom stereocenters. The molecular weight excluding hydrogens is 321 g/mol. The summed E-state index contributed by atoms with van der Waals surface area (Å²) < 4.78 is 15.9. The number of halogens is 2. The molecule has 1 aromatic carbocycles. The fraction of sp³-hybridized carbons (Fsp3) is 0.400. The summed E-state index contributed by atoms with van der Waals surface area (Å²) in [4.78, 5) is 0. The monoisotopic (exact) mass is 337 g/mol. The lowest BCUT2D eigenvalue weighted by Gasteiger charge is -2.30. The van der Waals surface area contributed by atoms with Gasteiger partial charge < -0.3 is 5.32 Å². The molecule has 20 heavy (non-hydrogen) atoms. The fourth-order valence-corrected chi connectivity index (χ4v) is 3.11. The first-order chi connectivity index (χ1) is 9.74. The van der Waals surface area contributed by atoms with Crippen molar-refractivity contribution in [3.8, 4) is 0 Å². The molecule has 0 spiro atoms. The Labute approximate surface area is 126 Å². The molecule has 2 heterocycles. The highest BCUT2D eigenvalue weighted by Crippen LogP contribution is 2.26. The lowest BCUT2D eigenvalue weighted by Crippen LogP contribution is -2.40. The second-order valence-electron chi connectivity index (χ2n) is 5.25. The van der Waals surface area contributed by atoms with Crippen LogP contribution in [0.4, 0.5) is 4.39 Å². The fourth-order valence-electron chi connectivity index (χ4n) is 2.84. The van der Waals surface area contributed by atoms with Gasteiger partial charge in [-0.3, -0.25) is 0 Å². The zero-order valence-corrected chi connectivity index (χ0v) is 12.7. The first-order valence-corrected chi connectivity index (χ1v) is 7.69. The van der Waals surface area contributed by atoms with Crippen molar-refractivity contribution in [1.29, 1.82) is 0 Å². The molecule has 1 aromatic heterocycles. The van der Waals surface area contributed by atoms with Crippen molar-refractivity contribution in [2.45, 2.75) is 31.3 Å².